The summed E-state index contributed by atoms with van der Waals surface area (Å²) >= 11 is 5.75. The number of amides is 1. The van der Waals surface area contributed by atoms with Gasteiger partial charge in [0.2, 0.25) is 5.91 Å². The van der Waals surface area contributed by atoms with Gasteiger partial charge in [0.05, 0.1) is 0 Å². The first-order chi connectivity index (χ1) is 7.57. The Morgan fingerprint density at radius 2 is 2.00 bits per heavy atom. The fourth-order valence-electron chi connectivity index (χ4n) is 1.87. The highest BCUT2D eigenvalue weighted by atomic mass is 35.5. The molecule has 0 bridgehead atoms. The number of hydrogen-bond acceptors (Lipinski definition) is 2. The molecule has 1 amide bonds. The summed E-state index contributed by atoms with van der Waals surface area (Å²) in [5.74, 6) is -0.0236. The molecule has 0 aliphatic heterocycles. The average Bonchev–Trinajstić information content (AvgIpc) is 2.19. The van der Waals surface area contributed by atoms with Crippen molar-refractivity contribution < 1.29 is 4.79 Å². The van der Waals surface area contributed by atoms with Crippen molar-refractivity contribution in [2.75, 3.05) is 5.32 Å². The van der Waals surface area contributed by atoms with E-state index in [4.69, 9.17) is 17.3 Å². The van der Waals surface area contributed by atoms with Crippen LogP contribution >= 0.6 is 11.6 Å². The first-order valence-corrected chi connectivity index (χ1v) is 5.80. The predicted octanol–water partition coefficient (Wildman–Crippen LogP) is 2.55. The highest BCUT2D eigenvalue weighted by Gasteiger charge is 2.34. The number of nitrogens with two attached hydrogens (primary N) is 1. The van der Waals surface area contributed by atoms with Gasteiger partial charge in [-0.15, -0.1) is 0 Å². The molecular formula is C12H15ClN2O. The second-order valence-corrected chi connectivity index (χ2v) is 4.88. The monoisotopic (exact) mass is 238 g/mol. The summed E-state index contributed by atoms with van der Waals surface area (Å²) < 4.78 is 0. The third kappa shape index (κ3) is 2.74. The Bertz CT molecular complexity index is 385. The lowest BCUT2D eigenvalue weighted by atomic mass is 9.75. The third-order valence-corrected chi connectivity index (χ3v) is 3.24. The van der Waals surface area contributed by atoms with E-state index in [0.717, 1.165) is 24.9 Å². The molecule has 86 valence electrons. The van der Waals surface area contributed by atoms with E-state index in [1.807, 2.05) is 0 Å². The number of halogens is 1. The summed E-state index contributed by atoms with van der Waals surface area (Å²) in [6.07, 6.45) is 3.42. The van der Waals surface area contributed by atoms with Crippen LogP contribution < -0.4 is 11.1 Å². The van der Waals surface area contributed by atoms with Crippen molar-refractivity contribution in [1.82, 2.24) is 0 Å². The molecule has 0 heterocycles. The van der Waals surface area contributed by atoms with Crippen LogP contribution in [-0.2, 0) is 4.79 Å². The van der Waals surface area contributed by atoms with Crippen LogP contribution in [0.5, 0.6) is 0 Å². The standard InChI is InChI=1S/C12H15ClN2O/c13-9-2-4-10(5-3-9)15-11(16)8-12(14)6-1-7-12/h2-5H,1,6-8,14H2,(H,15,16). The maximum atomic E-state index is 11.7. The second kappa shape index (κ2) is 4.44. The Morgan fingerprint density at radius 3 is 2.50 bits per heavy atom. The van der Waals surface area contributed by atoms with Gasteiger partial charge in [0.1, 0.15) is 0 Å². The fraction of sp³-hybridized carbons (Fsp3) is 0.417. The normalized spacial score (nSPS) is 17.6. The summed E-state index contributed by atoms with van der Waals surface area (Å²) in [7, 11) is 0. The molecule has 1 fully saturated rings. The van der Waals surface area contributed by atoms with Gasteiger partial charge in [0.15, 0.2) is 0 Å². The van der Waals surface area contributed by atoms with E-state index < -0.39 is 0 Å². The Labute approximate surface area is 100.0 Å². The number of benzene rings is 1. The van der Waals surface area contributed by atoms with Crippen molar-refractivity contribution in [2.45, 2.75) is 31.2 Å². The van der Waals surface area contributed by atoms with Crippen LogP contribution in [0.1, 0.15) is 25.7 Å². The van der Waals surface area contributed by atoms with Crippen LogP contribution in [0.25, 0.3) is 0 Å². The molecule has 1 aromatic rings. The summed E-state index contributed by atoms with van der Waals surface area (Å²) in [5.41, 5.74) is 6.49. The van der Waals surface area contributed by atoms with Crippen LogP contribution in [0.15, 0.2) is 24.3 Å². The number of rotatable bonds is 3. The minimum atomic E-state index is -0.267. The van der Waals surface area contributed by atoms with E-state index in [1.54, 1.807) is 24.3 Å². The van der Waals surface area contributed by atoms with E-state index in [0.29, 0.717) is 11.4 Å². The zero-order chi connectivity index (χ0) is 11.6. The largest absolute Gasteiger partial charge is 0.326 e. The van der Waals surface area contributed by atoms with E-state index in [1.165, 1.54) is 0 Å². The van der Waals surface area contributed by atoms with E-state index in [9.17, 15) is 4.79 Å². The second-order valence-electron chi connectivity index (χ2n) is 4.45. The van der Waals surface area contributed by atoms with E-state index in [2.05, 4.69) is 5.32 Å². The molecule has 2 rings (SSSR count). The summed E-state index contributed by atoms with van der Waals surface area (Å²) in [6, 6.07) is 7.06. The van der Waals surface area contributed by atoms with Crippen LogP contribution in [0.3, 0.4) is 0 Å². The molecule has 1 saturated carbocycles. The molecule has 0 spiro atoms. The van der Waals surface area contributed by atoms with Crippen molar-refractivity contribution in [2.24, 2.45) is 5.73 Å². The molecular weight excluding hydrogens is 224 g/mol. The van der Waals surface area contributed by atoms with E-state index in [-0.39, 0.29) is 11.4 Å². The average molecular weight is 239 g/mol. The van der Waals surface area contributed by atoms with Crippen molar-refractivity contribution in [3.63, 3.8) is 0 Å². The summed E-state index contributed by atoms with van der Waals surface area (Å²) in [6.45, 7) is 0. The fourth-order valence-corrected chi connectivity index (χ4v) is 1.99. The molecule has 0 saturated heterocycles. The van der Waals surface area contributed by atoms with Gasteiger partial charge < -0.3 is 11.1 Å². The quantitative estimate of drug-likeness (QED) is 0.850. The lowest BCUT2D eigenvalue weighted by molar-refractivity contribution is -0.118. The molecule has 3 nitrogen and oxygen atoms in total. The first-order valence-electron chi connectivity index (χ1n) is 5.42. The third-order valence-electron chi connectivity index (χ3n) is 2.99. The maximum absolute atomic E-state index is 11.7. The minimum Gasteiger partial charge on any atom is -0.326 e. The van der Waals surface area contributed by atoms with Gasteiger partial charge in [0.25, 0.3) is 0 Å². The zero-order valence-electron chi connectivity index (χ0n) is 9.00. The highest BCUT2D eigenvalue weighted by Crippen LogP contribution is 2.32. The Morgan fingerprint density at radius 1 is 1.38 bits per heavy atom. The highest BCUT2D eigenvalue weighted by molar-refractivity contribution is 6.30. The van der Waals surface area contributed by atoms with Crippen molar-refractivity contribution in [1.29, 1.82) is 0 Å². The van der Waals surface area contributed by atoms with Crippen molar-refractivity contribution >= 4 is 23.2 Å². The lowest BCUT2D eigenvalue weighted by Crippen LogP contribution is -2.48. The van der Waals surface area contributed by atoms with Gasteiger partial charge in [-0.25, -0.2) is 0 Å². The van der Waals surface area contributed by atoms with Gasteiger partial charge in [0, 0.05) is 22.7 Å². The number of nitrogens with one attached hydrogen (secondary N) is 1. The molecule has 1 aromatic carbocycles. The molecule has 0 aromatic heterocycles. The Balaban J connectivity index is 1.89. The van der Waals surface area contributed by atoms with Gasteiger partial charge >= 0.3 is 0 Å². The molecule has 0 radical (unpaired) electrons. The molecule has 0 unspecified atom stereocenters. The minimum absolute atomic E-state index is 0.0236. The van der Waals surface area contributed by atoms with Crippen LogP contribution in [0.4, 0.5) is 5.69 Å². The Kier molecular flexibility index (Phi) is 3.17. The Hall–Kier alpha value is -1.06. The van der Waals surface area contributed by atoms with Crippen molar-refractivity contribution in [3.8, 4) is 0 Å². The first kappa shape index (κ1) is 11.4. The summed E-state index contributed by atoms with van der Waals surface area (Å²) in [5, 5.41) is 3.48. The topological polar surface area (TPSA) is 55.1 Å². The van der Waals surface area contributed by atoms with Crippen molar-refractivity contribution in [3.05, 3.63) is 29.3 Å². The molecule has 1 aliphatic rings. The van der Waals surface area contributed by atoms with Gasteiger partial charge in [-0.1, -0.05) is 11.6 Å². The molecule has 16 heavy (non-hydrogen) atoms. The number of anilines is 1. The summed E-state index contributed by atoms with van der Waals surface area (Å²) in [4.78, 5) is 11.7. The molecule has 0 atom stereocenters. The molecule has 3 N–H and O–H groups in total. The number of hydrogen-bond donors (Lipinski definition) is 2. The van der Waals surface area contributed by atoms with Crippen LogP contribution in [0.2, 0.25) is 5.02 Å². The van der Waals surface area contributed by atoms with Gasteiger partial charge in [-0.05, 0) is 43.5 Å². The van der Waals surface area contributed by atoms with Gasteiger partial charge in [-0.3, -0.25) is 4.79 Å². The number of carbonyl (C=O) groups is 1. The van der Waals surface area contributed by atoms with Crippen LogP contribution in [-0.4, -0.2) is 11.4 Å². The maximum Gasteiger partial charge on any atom is 0.226 e. The lowest BCUT2D eigenvalue weighted by Gasteiger charge is -2.37. The number of carbonyl (C=O) groups excluding carboxylic acids is 1. The SMILES string of the molecule is NC1(CC(=O)Nc2ccc(Cl)cc2)CCC1. The molecule has 1 aliphatic carbocycles. The zero-order valence-corrected chi connectivity index (χ0v) is 9.76. The van der Waals surface area contributed by atoms with Crippen LogP contribution in [0, 0.1) is 0 Å². The molecule has 4 heteroatoms. The predicted molar refractivity (Wildman–Crippen MR) is 65.5 cm³/mol. The smallest absolute Gasteiger partial charge is 0.226 e. The van der Waals surface area contributed by atoms with Gasteiger partial charge in [-0.2, -0.15) is 0 Å². The van der Waals surface area contributed by atoms with E-state index >= 15 is 0 Å².